The minimum absolute atomic E-state index is 0.0520. The maximum atomic E-state index is 12.1. The fraction of sp³-hybridized carbons (Fsp3) is 0.529. The van der Waals surface area contributed by atoms with Gasteiger partial charge in [-0.3, -0.25) is 9.59 Å². The van der Waals surface area contributed by atoms with E-state index >= 15 is 0 Å². The van der Waals surface area contributed by atoms with Gasteiger partial charge in [0.15, 0.2) is 6.61 Å². The number of nitrogens with one attached hydrogen (secondary N) is 1. The molecule has 25 heavy (non-hydrogen) atoms. The zero-order valence-electron chi connectivity index (χ0n) is 14.3. The van der Waals surface area contributed by atoms with Gasteiger partial charge in [-0.1, -0.05) is 26.0 Å². The lowest BCUT2D eigenvalue weighted by Crippen LogP contribution is -2.31. The van der Waals surface area contributed by atoms with Crippen molar-refractivity contribution >= 4 is 11.9 Å². The lowest BCUT2D eigenvalue weighted by atomic mass is 9.85. The van der Waals surface area contributed by atoms with E-state index in [1.807, 2.05) is 0 Å². The molecule has 1 atom stereocenters. The van der Waals surface area contributed by atoms with Crippen LogP contribution in [-0.2, 0) is 9.59 Å². The van der Waals surface area contributed by atoms with E-state index in [9.17, 15) is 22.8 Å². The van der Waals surface area contributed by atoms with Crippen LogP contribution in [0.15, 0.2) is 24.3 Å². The average molecular weight is 361 g/mol. The van der Waals surface area contributed by atoms with Crippen molar-refractivity contribution in [3.63, 3.8) is 0 Å². The zero-order chi connectivity index (χ0) is 19.3. The molecule has 1 amide bonds. The van der Waals surface area contributed by atoms with Crippen LogP contribution in [0.2, 0.25) is 0 Å². The minimum atomic E-state index is -4.40. The standard InChI is InChI=1S/C17H22F3NO4/c1-11(21-14(22)8-16(2,3)9-15(23)24)12-4-6-13(7-5-12)25-10-17(18,19)20/h4-7,11H,8-10H2,1-3H3,(H,21,22)(H,23,24). The summed E-state index contributed by atoms with van der Waals surface area (Å²) in [6.07, 6.45) is -4.47. The Morgan fingerprint density at radius 2 is 1.72 bits per heavy atom. The molecule has 0 saturated carbocycles. The van der Waals surface area contributed by atoms with E-state index in [2.05, 4.69) is 10.1 Å². The predicted molar refractivity (Wildman–Crippen MR) is 85.2 cm³/mol. The van der Waals surface area contributed by atoms with Gasteiger partial charge in [0.2, 0.25) is 5.91 Å². The van der Waals surface area contributed by atoms with E-state index in [0.29, 0.717) is 5.56 Å². The Labute approximate surface area is 144 Å². The SMILES string of the molecule is CC(NC(=O)CC(C)(C)CC(=O)O)c1ccc(OCC(F)(F)F)cc1. The highest BCUT2D eigenvalue weighted by Crippen LogP contribution is 2.26. The summed E-state index contributed by atoms with van der Waals surface area (Å²) in [7, 11) is 0. The Balaban J connectivity index is 2.58. The molecule has 0 aliphatic carbocycles. The Kier molecular flexibility index (Phi) is 6.84. The highest BCUT2D eigenvalue weighted by molar-refractivity contribution is 5.78. The maximum absolute atomic E-state index is 12.1. The van der Waals surface area contributed by atoms with Crippen molar-refractivity contribution in [2.24, 2.45) is 5.41 Å². The van der Waals surface area contributed by atoms with Gasteiger partial charge in [-0.05, 0) is 30.0 Å². The Morgan fingerprint density at radius 3 is 2.20 bits per heavy atom. The molecule has 0 bridgehead atoms. The third-order valence-electron chi connectivity index (χ3n) is 3.43. The van der Waals surface area contributed by atoms with Crippen LogP contribution in [0.25, 0.3) is 0 Å². The molecule has 0 heterocycles. The van der Waals surface area contributed by atoms with Gasteiger partial charge in [0, 0.05) is 6.42 Å². The highest BCUT2D eigenvalue weighted by Gasteiger charge is 2.28. The van der Waals surface area contributed by atoms with Crippen molar-refractivity contribution < 1.29 is 32.6 Å². The molecule has 0 saturated heterocycles. The molecule has 140 valence electrons. The number of hydrogen-bond donors (Lipinski definition) is 2. The van der Waals surface area contributed by atoms with Crippen LogP contribution >= 0.6 is 0 Å². The van der Waals surface area contributed by atoms with Gasteiger partial charge < -0.3 is 15.2 Å². The van der Waals surface area contributed by atoms with Crippen molar-refractivity contribution in [3.05, 3.63) is 29.8 Å². The molecule has 0 radical (unpaired) electrons. The molecule has 1 aromatic carbocycles. The number of amides is 1. The van der Waals surface area contributed by atoms with E-state index in [1.54, 1.807) is 32.9 Å². The summed E-state index contributed by atoms with van der Waals surface area (Å²) in [4.78, 5) is 22.8. The number of carboxylic acid groups (broad SMARTS) is 1. The first-order valence-electron chi connectivity index (χ1n) is 7.69. The van der Waals surface area contributed by atoms with Gasteiger partial charge in [0.25, 0.3) is 0 Å². The Hall–Kier alpha value is -2.25. The summed E-state index contributed by atoms with van der Waals surface area (Å²) >= 11 is 0. The normalized spacial score (nSPS) is 13.2. The number of aliphatic carboxylic acids is 1. The number of rotatable bonds is 8. The molecule has 0 aliphatic rings. The molecule has 1 aromatic rings. The predicted octanol–water partition coefficient (Wildman–Crippen LogP) is 3.70. The maximum Gasteiger partial charge on any atom is 0.422 e. The van der Waals surface area contributed by atoms with Crippen molar-refractivity contribution in [1.29, 1.82) is 0 Å². The molecule has 0 spiro atoms. The molecular weight excluding hydrogens is 339 g/mol. The van der Waals surface area contributed by atoms with Gasteiger partial charge in [0.05, 0.1) is 12.5 Å². The second kappa shape index (κ2) is 8.22. The molecule has 0 aliphatic heterocycles. The summed E-state index contributed by atoms with van der Waals surface area (Å²) < 4.78 is 40.9. The molecule has 8 heteroatoms. The van der Waals surface area contributed by atoms with Crippen LogP contribution in [0.4, 0.5) is 13.2 Å². The van der Waals surface area contributed by atoms with Gasteiger partial charge in [-0.15, -0.1) is 0 Å². The van der Waals surface area contributed by atoms with Crippen molar-refractivity contribution in [2.75, 3.05) is 6.61 Å². The fourth-order valence-corrected chi connectivity index (χ4v) is 2.30. The van der Waals surface area contributed by atoms with Gasteiger partial charge in [-0.25, -0.2) is 0 Å². The summed E-state index contributed by atoms with van der Waals surface area (Å²) in [5, 5.41) is 11.6. The average Bonchev–Trinajstić information content (AvgIpc) is 2.42. The molecule has 0 aromatic heterocycles. The molecular formula is C17H22F3NO4. The zero-order valence-corrected chi connectivity index (χ0v) is 14.3. The van der Waals surface area contributed by atoms with Crippen molar-refractivity contribution in [3.8, 4) is 5.75 Å². The first-order valence-corrected chi connectivity index (χ1v) is 7.69. The van der Waals surface area contributed by atoms with E-state index in [0.717, 1.165) is 0 Å². The second-order valence-electron chi connectivity index (χ2n) is 6.67. The Morgan fingerprint density at radius 1 is 1.16 bits per heavy atom. The van der Waals surface area contributed by atoms with Crippen molar-refractivity contribution in [2.45, 2.75) is 45.8 Å². The second-order valence-corrected chi connectivity index (χ2v) is 6.67. The monoisotopic (exact) mass is 361 g/mol. The van der Waals surface area contributed by atoms with Crippen molar-refractivity contribution in [1.82, 2.24) is 5.32 Å². The smallest absolute Gasteiger partial charge is 0.422 e. The van der Waals surface area contributed by atoms with E-state index in [-0.39, 0.29) is 30.5 Å². The van der Waals surface area contributed by atoms with Crippen LogP contribution in [0.5, 0.6) is 5.75 Å². The van der Waals surface area contributed by atoms with Gasteiger partial charge >= 0.3 is 12.1 Å². The molecule has 1 unspecified atom stereocenters. The molecule has 0 fully saturated rings. The first kappa shape index (κ1) is 20.8. The largest absolute Gasteiger partial charge is 0.484 e. The molecule has 1 rings (SSSR count). The van der Waals surface area contributed by atoms with Crippen LogP contribution in [0.1, 0.15) is 45.2 Å². The van der Waals surface area contributed by atoms with E-state index < -0.39 is 24.2 Å². The molecule has 2 N–H and O–H groups in total. The number of carboxylic acids is 1. The Bertz CT molecular complexity index is 597. The fourth-order valence-electron chi connectivity index (χ4n) is 2.30. The van der Waals surface area contributed by atoms with Crippen LogP contribution in [0, 0.1) is 5.41 Å². The number of ether oxygens (including phenoxy) is 1. The summed E-state index contributed by atoms with van der Waals surface area (Å²) in [5.74, 6) is -1.18. The van der Waals surface area contributed by atoms with Gasteiger partial charge in [0.1, 0.15) is 5.75 Å². The van der Waals surface area contributed by atoms with Crippen LogP contribution in [0.3, 0.4) is 0 Å². The van der Waals surface area contributed by atoms with Crippen LogP contribution < -0.4 is 10.1 Å². The number of benzene rings is 1. The summed E-state index contributed by atoms with van der Waals surface area (Å²) in [6.45, 7) is 3.75. The number of halogens is 3. The quantitative estimate of drug-likeness (QED) is 0.740. The highest BCUT2D eigenvalue weighted by atomic mass is 19.4. The van der Waals surface area contributed by atoms with E-state index in [1.165, 1.54) is 12.1 Å². The lowest BCUT2D eigenvalue weighted by Gasteiger charge is -2.23. The third kappa shape index (κ3) is 8.42. The molecule has 5 nitrogen and oxygen atoms in total. The summed E-state index contributed by atoms with van der Waals surface area (Å²) in [6, 6.07) is 5.57. The number of hydrogen-bond acceptors (Lipinski definition) is 3. The minimum Gasteiger partial charge on any atom is -0.484 e. The lowest BCUT2D eigenvalue weighted by molar-refractivity contribution is -0.153. The first-order chi connectivity index (χ1) is 11.4. The summed E-state index contributed by atoms with van der Waals surface area (Å²) in [5.41, 5.74) is 0.0223. The third-order valence-corrected chi connectivity index (χ3v) is 3.43. The topological polar surface area (TPSA) is 75.6 Å². The van der Waals surface area contributed by atoms with E-state index in [4.69, 9.17) is 5.11 Å². The number of carbonyl (C=O) groups excluding carboxylic acids is 1. The number of alkyl halides is 3. The number of carbonyl (C=O) groups is 2. The van der Waals surface area contributed by atoms with Crippen LogP contribution in [-0.4, -0.2) is 29.8 Å². The van der Waals surface area contributed by atoms with Gasteiger partial charge in [-0.2, -0.15) is 13.2 Å².